The summed E-state index contributed by atoms with van der Waals surface area (Å²) in [5, 5.41) is 1.12. The molecule has 0 aliphatic heterocycles. The molecular formula is C11H10BN. The smallest absolute Gasteiger partial charge is 0.116 e. The molecule has 2 rings (SSSR count). The Labute approximate surface area is 79.1 Å². The lowest BCUT2D eigenvalue weighted by atomic mass is 9.96. The number of hydrogen-bond acceptors (Lipinski definition) is 0. The van der Waals surface area contributed by atoms with Crippen molar-refractivity contribution in [2.75, 3.05) is 0 Å². The molecule has 2 heteroatoms. The molecule has 1 aromatic heterocycles. The average Bonchev–Trinajstić information content (AvgIpc) is 2.46. The maximum atomic E-state index is 5.85. The molecule has 1 heterocycles. The van der Waals surface area contributed by atoms with Crippen LogP contribution >= 0.6 is 0 Å². The van der Waals surface area contributed by atoms with Crippen molar-refractivity contribution in [3.63, 3.8) is 0 Å². The summed E-state index contributed by atoms with van der Waals surface area (Å²) in [7, 11) is 5.85. The maximum absolute atomic E-state index is 5.85. The van der Waals surface area contributed by atoms with Crippen LogP contribution in [-0.4, -0.2) is 12.4 Å². The zero-order valence-corrected chi connectivity index (χ0v) is 7.40. The predicted octanol–water partition coefficient (Wildman–Crippen LogP) is 1.62. The molecule has 1 aromatic carbocycles. The zero-order chi connectivity index (χ0) is 9.26. The molecule has 0 aliphatic carbocycles. The van der Waals surface area contributed by atoms with E-state index in [2.05, 4.69) is 17.2 Å². The topological polar surface area (TPSA) is 4.93 Å². The van der Waals surface area contributed by atoms with Crippen LogP contribution in [0.3, 0.4) is 0 Å². The summed E-state index contributed by atoms with van der Waals surface area (Å²) in [4.78, 5) is 0. The van der Waals surface area contributed by atoms with E-state index in [1.54, 1.807) is 0 Å². The third-order valence-electron chi connectivity index (χ3n) is 2.15. The summed E-state index contributed by atoms with van der Waals surface area (Å²) in [6.07, 6.45) is 3.82. The SMILES string of the molecule is [B]c1cn(CC=C)c2ccccc12. The maximum Gasteiger partial charge on any atom is 0.116 e. The van der Waals surface area contributed by atoms with E-state index in [1.807, 2.05) is 30.5 Å². The fourth-order valence-electron chi connectivity index (χ4n) is 1.57. The van der Waals surface area contributed by atoms with Crippen LogP contribution in [0.25, 0.3) is 10.9 Å². The number of allylic oxidation sites excluding steroid dienone is 1. The van der Waals surface area contributed by atoms with Crippen LogP contribution in [0.15, 0.2) is 43.1 Å². The molecule has 0 aliphatic rings. The van der Waals surface area contributed by atoms with Gasteiger partial charge < -0.3 is 4.57 Å². The molecule has 0 unspecified atom stereocenters. The van der Waals surface area contributed by atoms with E-state index in [0.717, 1.165) is 17.4 Å². The van der Waals surface area contributed by atoms with Crippen LogP contribution in [0.5, 0.6) is 0 Å². The van der Waals surface area contributed by atoms with Gasteiger partial charge in [-0.05, 0) is 17.6 Å². The van der Waals surface area contributed by atoms with Gasteiger partial charge in [0.25, 0.3) is 0 Å². The molecule has 0 bridgehead atoms. The summed E-state index contributed by atoms with van der Waals surface area (Å²) >= 11 is 0. The van der Waals surface area contributed by atoms with Crippen molar-refractivity contribution < 1.29 is 0 Å². The largest absolute Gasteiger partial charge is 0.344 e. The van der Waals surface area contributed by atoms with E-state index < -0.39 is 0 Å². The van der Waals surface area contributed by atoms with Gasteiger partial charge in [-0.25, -0.2) is 0 Å². The Morgan fingerprint density at radius 1 is 1.38 bits per heavy atom. The number of fused-ring (bicyclic) bond motifs is 1. The van der Waals surface area contributed by atoms with Crippen molar-refractivity contribution in [2.45, 2.75) is 6.54 Å². The number of hydrogen-bond donors (Lipinski definition) is 0. The Balaban J connectivity index is 2.70. The first-order valence-corrected chi connectivity index (χ1v) is 4.27. The van der Waals surface area contributed by atoms with Crippen LogP contribution in [-0.2, 0) is 6.54 Å². The number of nitrogens with zero attached hydrogens (tertiary/aromatic N) is 1. The van der Waals surface area contributed by atoms with Crippen LogP contribution in [0.4, 0.5) is 0 Å². The Kier molecular flexibility index (Phi) is 1.97. The van der Waals surface area contributed by atoms with Gasteiger partial charge in [-0.3, -0.25) is 0 Å². The molecule has 0 saturated heterocycles. The molecule has 0 atom stereocenters. The summed E-state index contributed by atoms with van der Waals surface area (Å²) in [6.45, 7) is 4.51. The predicted molar refractivity (Wildman–Crippen MR) is 57.5 cm³/mol. The summed E-state index contributed by atoms with van der Waals surface area (Å²) in [5.74, 6) is 0. The number of rotatable bonds is 2. The highest BCUT2D eigenvalue weighted by molar-refractivity contribution is 6.38. The first-order valence-electron chi connectivity index (χ1n) is 4.27. The molecular weight excluding hydrogens is 157 g/mol. The second kappa shape index (κ2) is 3.13. The second-order valence-electron chi connectivity index (χ2n) is 3.04. The minimum Gasteiger partial charge on any atom is -0.344 e. The minimum absolute atomic E-state index is 0.803. The van der Waals surface area contributed by atoms with Gasteiger partial charge in [0.1, 0.15) is 7.85 Å². The van der Waals surface area contributed by atoms with Crippen LogP contribution < -0.4 is 5.46 Å². The quantitative estimate of drug-likeness (QED) is 0.473. The Morgan fingerprint density at radius 2 is 2.15 bits per heavy atom. The second-order valence-corrected chi connectivity index (χ2v) is 3.04. The standard InChI is InChI=1S/C11H10BN/c1-2-7-13-8-10(12)9-5-3-4-6-11(9)13/h2-6,8H,1,7H2. The molecule has 2 radical (unpaired) electrons. The van der Waals surface area contributed by atoms with E-state index in [4.69, 9.17) is 7.85 Å². The number of aromatic nitrogens is 1. The third-order valence-corrected chi connectivity index (χ3v) is 2.15. The van der Waals surface area contributed by atoms with E-state index in [0.29, 0.717) is 0 Å². The molecule has 0 spiro atoms. The molecule has 0 N–H and O–H groups in total. The molecule has 62 valence electrons. The molecule has 1 nitrogen and oxygen atoms in total. The van der Waals surface area contributed by atoms with Crippen molar-refractivity contribution in [2.24, 2.45) is 0 Å². The first-order chi connectivity index (χ1) is 6.33. The monoisotopic (exact) mass is 167 g/mol. The summed E-state index contributed by atoms with van der Waals surface area (Å²) in [6, 6.07) is 8.11. The highest BCUT2D eigenvalue weighted by Crippen LogP contribution is 2.12. The zero-order valence-electron chi connectivity index (χ0n) is 7.40. The fourth-order valence-corrected chi connectivity index (χ4v) is 1.57. The first kappa shape index (κ1) is 8.18. The van der Waals surface area contributed by atoms with Gasteiger partial charge in [0.2, 0.25) is 0 Å². The van der Waals surface area contributed by atoms with Crippen molar-refractivity contribution in [1.29, 1.82) is 0 Å². The van der Waals surface area contributed by atoms with Gasteiger partial charge in [-0.15, -0.1) is 6.58 Å². The summed E-state index contributed by atoms with van der Waals surface area (Å²) < 4.78 is 2.09. The number of para-hydroxylation sites is 1. The van der Waals surface area contributed by atoms with Gasteiger partial charge in [-0.1, -0.05) is 29.7 Å². The normalized spacial score (nSPS) is 10.5. The molecule has 0 amide bonds. The van der Waals surface area contributed by atoms with E-state index >= 15 is 0 Å². The lowest BCUT2D eigenvalue weighted by molar-refractivity contribution is 0.868. The van der Waals surface area contributed by atoms with Crippen molar-refractivity contribution >= 4 is 24.2 Å². The average molecular weight is 167 g/mol. The number of benzene rings is 1. The van der Waals surface area contributed by atoms with Crippen molar-refractivity contribution in [3.05, 3.63) is 43.1 Å². The van der Waals surface area contributed by atoms with E-state index in [1.165, 1.54) is 5.52 Å². The molecule has 0 saturated carbocycles. The molecule has 0 fully saturated rings. The molecule has 13 heavy (non-hydrogen) atoms. The fraction of sp³-hybridized carbons (Fsp3) is 0.0909. The van der Waals surface area contributed by atoms with E-state index in [9.17, 15) is 0 Å². The van der Waals surface area contributed by atoms with Gasteiger partial charge in [0.15, 0.2) is 0 Å². The summed E-state index contributed by atoms with van der Waals surface area (Å²) in [5.41, 5.74) is 2.00. The molecule has 2 aromatic rings. The van der Waals surface area contributed by atoms with Crippen LogP contribution in [0.2, 0.25) is 0 Å². The highest BCUT2D eigenvalue weighted by Gasteiger charge is 2.01. The Bertz CT molecular complexity index is 442. The van der Waals surface area contributed by atoms with Gasteiger partial charge in [0, 0.05) is 12.1 Å². The van der Waals surface area contributed by atoms with Crippen molar-refractivity contribution in [3.8, 4) is 0 Å². The Hall–Kier alpha value is -1.44. The van der Waals surface area contributed by atoms with Gasteiger partial charge in [-0.2, -0.15) is 0 Å². The third kappa shape index (κ3) is 1.28. The lowest BCUT2D eigenvalue weighted by Gasteiger charge is -1.99. The van der Waals surface area contributed by atoms with Crippen molar-refractivity contribution in [1.82, 2.24) is 4.57 Å². The highest BCUT2D eigenvalue weighted by atomic mass is 14.9. The van der Waals surface area contributed by atoms with Crippen LogP contribution in [0, 0.1) is 0 Å². The minimum atomic E-state index is 0.803. The van der Waals surface area contributed by atoms with Gasteiger partial charge in [0.05, 0.1) is 0 Å². The lowest BCUT2D eigenvalue weighted by Crippen LogP contribution is -1.98. The van der Waals surface area contributed by atoms with E-state index in [-0.39, 0.29) is 0 Å². The van der Waals surface area contributed by atoms with Gasteiger partial charge >= 0.3 is 0 Å². The Morgan fingerprint density at radius 3 is 2.92 bits per heavy atom. The van der Waals surface area contributed by atoms with Crippen LogP contribution in [0.1, 0.15) is 0 Å².